The fraction of sp³-hybridized carbons (Fsp3) is 0.882. The summed E-state index contributed by atoms with van der Waals surface area (Å²) in [6.45, 7) is 5.47. The molecule has 132 valence electrons. The summed E-state index contributed by atoms with van der Waals surface area (Å²) in [4.78, 5) is 24.9. The molecule has 1 aliphatic heterocycles. The van der Waals surface area contributed by atoms with E-state index in [9.17, 15) is 9.59 Å². The Morgan fingerprint density at radius 2 is 1.96 bits per heavy atom. The zero-order chi connectivity index (χ0) is 16.9. The lowest BCUT2D eigenvalue weighted by atomic mass is 9.78. The zero-order valence-electron chi connectivity index (χ0n) is 14.4. The number of amides is 2. The normalized spacial score (nSPS) is 27.5. The highest BCUT2D eigenvalue weighted by molar-refractivity contribution is 5.83. The third-order valence-corrected chi connectivity index (χ3v) is 5.13. The second-order valence-electron chi connectivity index (χ2n) is 7.29. The van der Waals surface area contributed by atoms with Gasteiger partial charge in [-0.05, 0) is 46.0 Å². The molecule has 2 unspecified atom stereocenters. The van der Waals surface area contributed by atoms with Crippen molar-refractivity contribution in [2.45, 2.75) is 64.5 Å². The van der Waals surface area contributed by atoms with E-state index in [0.717, 1.165) is 25.7 Å². The molecule has 1 aliphatic carbocycles. The fourth-order valence-corrected chi connectivity index (χ4v) is 3.59. The Balaban J connectivity index is 1.91. The van der Waals surface area contributed by atoms with Crippen molar-refractivity contribution in [2.75, 3.05) is 19.8 Å². The maximum Gasteiger partial charge on any atom is 0.227 e. The smallest absolute Gasteiger partial charge is 0.227 e. The number of carbonyl (C=O) groups is 2. The molecule has 0 aromatic carbocycles. The maximum atomic E-state index is 12.7. The summed E-state index contributed by atoms with van der Waals surface area (Å²) in [6, 6.07) is 0.227. The number of hydrogen-bond donors (Lipinski definition) is 3. The van der Waals surface area contributed by atoms with Crippen LogP contribution in [0.15, 0.2) is 0 Å². The van der Waals surface area contributed by atoms with Gasteiger partial charge in [-0.25, -0.2) is 0 Å². The first-order valence-corrected chi connectivity index (χ1v) is 8.86. The van der Waals surface area contributed by atoms with Gasteiger partial charge in [0.15, 0.2) is 0 Å². The van der Waals surface area contributed by atoms with Gasteiger partial charge in [-0.2, -0.15) is 0 Å². The SMILES string of the molecule is CC(C)NC(=O)C1CCCC(NC(=O)C2(CN)CCOCC2)C1. The van der Waals surface area contributed by atoms with E-state index in [1.807, 2.05) is 13.8 Å². The molecule has 2 rings (SSSR count). The number of hydrogen-bond acceptors (Lipinski definition) is 4. The number of carbonyl (C=O) groups excluding carboxylic acids is 2. The summed E-state index contributed by atoms with van der Waals surface area (Å²) in [7, 11) is 0. The first-order valence-electron chi connectivity index (χ1n) is 8.86. The average Bonchev–Trinajstić information content (AvgIpc) is 2.55. The van der Waals surface area contributed by atoms with Crippen LogP contribution in [0.2, 0.25) is 0 Å². The van der Waals surface area contributed by atoms with Gasteiger partial charge < -0.3 is 21.1 Å². The number of rotatable bonds is 5. The Labute approximate surface area is 138 Å². The molecule has 1 saturated heterocycles. The second kappa shape index (κ2) is 8.11. The summed E-state index contributed by atoms with van der Waals surface area (Å²) in [6.07, 6.45) is 4.90. The summed E-state index contributed by atoms with van der Waals surface area (Å²) >= 11 is 0. The summed E-state index contributed by atoms with van der Waals surface area (Å²) < 4.78 is 5.36. The van der Waals surface area contributed by atoms with Crippen LogP contribution < -0.4 is 16.4 Å². The minimum absolute atomic E-state index is 0.0000318. The highest BCUT2D eigenvalue weighted by Gasteiger charge is 2.40. The van der Waals surface area contributed by atoms with Crippen LogP contribution in [0.1, 0.15) is 52.4 Å². The Morgan fingerprint density at radius 3 is 2.57 bits per heavy atom. The largest absolute Gasteiger partial charge is 0.381 e. The molecule has 0 spiro atoms. The van der Waals surface area contributed by atoms with E-state index in [1.165, 1.54) is 0 Å². The molecule has 1 saturated carbocycles. The first-order chi connectivity index (χ1) is 11.0. The van der Waals surface area contributed by atoms with Gasteiger partial charge >= 0.3 is 0 Å². The monoisotopic (exact) mass is 325 g/mol. The van der Waals surface area contributed by atoms with Crippen LogP contribution in [0.5, 0.6) is 0 Å². The third-order valence-electron chi connectivity index (χ3n) is 5.13. The van der Waals surface area contributed by atoms with Gasteiger partial charge in [0.2, 0.25) is 11.8 Å². The predicted molar refractivity (Wildman–Crippen MR) is 88.7 cm³/mol. The van der Waals surface area contributed by atoms with Gasteiger partial charge in [-0.15, -0.1) is 0 Å². The minimum atomic E-state index is -0.495. The Bertz CT molecular complexity index is 419. The van der Waals surface area contributed by atoms with Gasteiger partial charge in [0, 0.05) is 37.8 Å². The van der Waals surface area contributed by atoms with E-state index in [-0.39, 0.29) is 29.8 Å². The molecule has 0 aromatic heterocycles. The quantitative estimate of drug-likeness (QED) is 0.701. The highest BCUT2D eigenvalue weighted by atomic mass is 16.5. The molecule has 23 heavy (non-hydrogen) atoms. The minimum Gasteiger partial charge on any atom is -0.381 e. The molecule has 2 atom stereocenters. The fourth-order valence-electron chi connectivity index (χ4n) is 3.59. The highest BCUT2D eigenvalue weighted by Crippen LogP contribution is 2.31. The Kier molecular flexibility index (Phi) is 6.41. The van der Waals surface area contributed by atoms with Gasteiger partial charge in [-0.3, -0.25) is 9.59 Å². The Morgan fingerprint density at radius 1 is 1.26 bits per heavy atom. The van der Waals surface area contributed by atoms with Crippen molar-refractivity contribution in [3.8, 4) is 0 Å². The number of ether oxygens (including phenoxy) is 1. The van der Waals surface area contributed by atoms with Crippen molar-refractivity contribution in [3.63, 3.8) is 0 Å². The standard InChI is InChI=1S/C17H31N3O3/c1-12(2)19-15(21)13-4-3-5-14(10-13)20-16(22)17(11-18)6-8-23-9-7-17/h12-14H,3-11,18H2,1-2H3,(H,19,21)(H,20,22). The molecular weight excluding hydrogens is 294 g/mol. The van der Waals surface area contributed by atoms with E-state index in [0.29, 0.717) is 32.6 Å². The second-order valence-corrected chi connectivity index (χ2v) is 7.29. The molecule has 2 fully saturated rings. The van der Waals surface area contributed by atoms with Gasteiger partial charge in [0.05, 0.1) is 5.41 Å². The van der Waals surface area contributed by atoms with Crippen molar-refractivity contribution in [2.24, 2.45) is 17.1 Å². The van der Waals surface area contributed by atoms with E-state index in [4.69, 9.17) is 10.5 Å². The van der Waals surface area contributed by atoms with Crippen LogP contribution in [-0.2, 0) is 14.3 Å². The van der Waals surface area contributed by atoms with Crippen LogP contribution >= 0.6 is 0 Å². The molecule has 0 radical (unpaired) electrons. The van der Waals surface area contributed by atoms with Crippen LogP contribution in [0.25, 0.3) is 0 Å². The van der Waals surface area contributed by atoms with E-state index < -0.39 is 5.41 Å². The van der Waals surface area contributed by atoms with E-state index in [2.05, 4.69) is 10.6 Å². The lowest BCUT2D eigenvalue weighted by molar-refractivity contribution is -0.137. The lowest BCUT2D eigenvalue weighted by Crippen LogP contribution is -2.53. The lowest BCUT2D eigenvalue weighted by Gasteiger charge is -2.37. The molecule has 1 heterocycles. The molecule has 0 bridgehead atoms. The number of nitrogens with one attached hydrogen (secondary N) is 2. The first kappa shape index (κ1) is 18.2. The topological polar surface area (TPSA) is 93.5 Å². The summed E-state index contributed by atoms with van der Waals surface area (Å²) in [5.74, 6) is 0.150. The maximum absolute atomic E-state index is 12.7. The molecule has 0 aromatic rings. The molecule has 2 aliphatic rings. The van der Waals surface area contributed by atoms with Crippen molar-refractivity contribution < 1.29 is 14.3 Å². The summed E-state index contributed by atoms with van der Waals surface area (Å²) in [5.41, 5.74) is 5.40. The Hall–Kier alpha value is -1.14. The molecule has 6 nitrogen and oxygen atoms in total. The van der Waals surface area contributed by atoms with Crippen molar-refractivity contribution in [1.29, 1.82) is 0 Å². The van der Waals surface area contributed by atoms with Gasteiger partial charge in [0.25, 0.3) is 0 Å². The third kappa shape index (κ3) is 4.67. The molecular formula is C17H31N3O3. The molecule has 4 N–H and O–H groups in total. The molecule has 2 amide bonds. The summed E-state index contributed by atoms with van der Waals surface area (Å²) in [5, 5.41) is 6.14. The van der Waals surface area contributed by atoms with Gasteiger partial charge in [-0.1, -0.05) is 6.42 Å². The van der Waals surface area contributed by atoms with Crippen LogP contribution in [0.3, 0.4) is 0 Å². The number of nitrogens with two attached hydrogens (primary N) is 1. The van der Waals surface area contributed by atoms with Gasteiger partial charge in [0.1, 0.15) is 0 Å². The van der Waals surface area contributed by atoms with E-state index >= 15 is 0 Å². The molecule has 6 heteroatoms. The zero-order valence-corrected chi connectivity index (χ0v) is 14.4. The van der Waals surface area contributed by atoms with Crippen LogP contribution in [0, 0.1) is 11.3 Å². The van der Waals surface area contributed by atoms with Crippen LogP contribution in [-0.4, -0.2) is 43.7 Å². The average molecular weight is 325 g/mol. The van der Waals surface area contributed by atoms with Crippen molar-refractivity contribution in [1.82, 2.24) is 10.6 Å². The van der Waals surface area contributed by atoms with E-state index in [1.54, 1.807) is 0 Å². The predicted octanol–water partition coefficient (Wildman–Crippen LogP) is 0.942. The van der Waals surface area contributed by atoms with Crippen molar-refractivity contribution >= 4 is 11.8 Å². The van der Waals surface area contributed by atoms with Crippen molar-refractivity contribution in [3.05, 3.63) is 0 Å². The van der Waals surface area contributed by atoms with Crippen LogP contribution in [0.4, 0.5) is 0 Å².